The Morgan fingerprint density at radius 1 is 0.917 bits per heavy atom. The Labute approximate surface area is 147 Å². The van der Waals surface area contributed by atoms with E-state index < -0.39 is 6.23 Å². The molecule has 0 heterocycles. The van der Waals surface area contributed by atoms with Crippen molar-refractivity contribution in [2.75, 3.05) is 65.5 Å². The molecule has 0 aromatic heterocycles. The molecule has 0 rings (SSSR count). The molecule has 24 heavy (non-hydrogen) atoms. The summed E-state index contributed by atoms with van der Waals surface area (Å²) in [5.41, 5.74) is 11.6. The average molecular weight is 349 g/mol. The molecule has 146 valence electrons. The summed E-state index contributed by atoms with van der Waals surface area (Å²) in [6.45, 7) is 10.6. The highest BCUT2D eigenvalue weighted by atomic mass is 16.3. The van der Waals surface area contributed by atoms with Crippen molar-refractivity contribution in [2.45, 2.75) is 39.1 Å². The molecule has 8 heteroatoms. The lowest BCUT2D eigenvalue weighted by Crippen LogP contribution is -2.53. The molecule has 0 aliphatic heterocycles. The monoisotopic (exact) mass is 348 g/mol. The maximum Gasteiger partial charge on any atom is 0.119 e. The fourth-order valence-corrected chi connectivity index (χ4v) is 2.62. The van der Waals surface area contributed by atoms with Crippen LogP contribution in [0.1, 0.15) is 26.7 Å². The number of nitrogens with one attached hydrogen (secondary N) is 2. The van der Waals surface area contributed by atoms with Crippen LogP contribution >= 0.6 is 0 Å². The SMILES string of the molecule is CCCN(CCC)C(O)CNCC(N)N(CCO)CCNCCN. The quantitative estimate of drug-likeness (QED) is 0.134. The molecule has 0 saturated carbocycles. The van der Waals surface area contributed by atoms with Gasteiger partial charge < -0.3 is 32.3 Å². The molecule has 0 amide bonds. The Hall–Kier alpha value is -0.320. The molecule has 0 radical (unpaired) electrons. The third-order valence-corrected chi connectivity index (χ3v) is 3.88. The maximum atomic E-state index is 10.3. The molecule has 8 nitrogen and oxygen atoms in total. The molecule has 0 spiro atoms. The summed E-state index contributed by atoms with van der Waals surface area (Å²) in [7, 11) is 0. The van der Waals surface area contributed by atoms with Gasteiger partial charge >= 0.3 is 0 Å². The lowest BCUT2D eigenvalue weighted by molar-refractivity contribution is 0.00349. The standard InChI is InChI=1S/C16H40N6O2/c1-3-8-22(9-4-2)16(24)14-20-13-15(18)21(11-12-23)10-7-19-6-5-17/h15-16,19-20,23-24H,3-14,17-18H2,1-2H3. The Bertz CT molecular complexity index is 267. The highest BCUT2D eigenvalue weighted by Crippen LogP contribution is 1.99. The van der Waals surface area contributed by atoms with Gasteiger partial charge in [-0.15, -0.1) is 0 Å². The van der Waals surface area contributed by atoms with Gasteiger partial charge in [-0.25, -0.2) is 0 Å². The lowest BCUT2D eigenvalue weighted by Gasteiger charge is -2.30. The van der Waals surface area contributed by atoms with Crippen molar-refractivity contribution in [2.24, 2.45) is 11.5 Å². The topological polar surface area (TPSA) is 123 Å². The van der Waals surface area contributed by atoms with Crippen molar-refractivity contribution >= 4 is 0 Å². The molecule has 0 aliphatic rings. The molecule has 0 saturated heterocycles. The van der Waals surface area contributed by atoms with Gasteiger partial charge in [-0.3, -0.25) is 9.80 Å². The Morgan fingerprint density at radius 2 is 1.58 bits per heavy atom. The smallest absolute Gasteiger partial charge is 0.119 e. The summed E-state index contributed by atoms with van der Waals surface area (Å²) in [5.74, 6) is 0. The number of rotatable bonds is 17. The van der Waals surface area contributed by atoms with Gasteiger partial charge in [0, 0.05) is 58.9 Å². The van der Waals surface area contributed by atoms with Gasteiger partial charge in [-0.05, 0) is 12.8 Å². The summed E-state index contributed by atoms with van der Waals surface area (Å²) in [6.07, 6.45) is 1.36. The van der Waals surface area contributed by atoms with Crippen LogP contribution in [0.2, 0.25) is 0 Å². The summed E-state index contributed by atoms with van der Waals surface area (Å²) < 4.78 is 0. The van der Waals surface area contributed by atoms with Gasteiger partial charge in [-0.1, -0.05) is 13.8 Å². The van der Waals surface area contributed by atoms with E-state index in [9.17, 15) is 10.2 Å². The summed E-state index contributed by atoms with van der Waals surface area (Å²) in [6, 6.07) is 0. The second kappa shape index (κ2) is 16.2. The Balaban J connectivity index is 4.13. The number of hydrogen-bond acceptors (Lipinski definition) is 8. The first-order chi connectivity index (χ1) is 11.6. The Kier molecular flexibility index (Phi) is 15.9. The molecule has 2 unspecified atom stereocenters. The van der Waals surface area contributed by atoms with Gasteiger partial charge in [0.1, 0.15) is 6.23 Å². The van der Waals surface area contributed by atoms with Crippen molar-refractivity contribution < 1.29 is 10.2 Å². The maximum absolute atomic E-state index is 10.3. The highest BCUT2D eigenvalue weighted by molar-refractivity contribution is 4.71. The van der Waals surface area contributed by atoms with E-state index in [1.54, 1.807) is 0 Å². The van der Waals surface area contributed by atoms with Crippen molar-refractivity contribution in [3.63, 3.8) is 0 Å². The van der Waals surface area contributed by atoms with Crippen molar-refractivity contribution in [1.29, 1.82) is 0 Å². The minimum absolute atomic E-state index is 0.0774. The molecule has 0 aromatic carbocycles. The largest absolute Gasteiger partial charge is 0.395 e. The van der Waals surface area contributed by atoms with Gasteiger partial charge in [-0.2, -0.15) is 0 Å². The normalized spacial score (nSPS) is 14.5. The van der Waals surface area contributed by atoms with E-state index in [1.165, 1.54) is 0 Å². The van der Waals surface area contributed by atoms with E-state index in [0.717, 1.165) is 45.6 Å². The van der Waals surface area contributed by atoms with Crippen LogP contribution in [0.3, 0.4) is 0 Å². The first kappa shape index (κ1) is 23.7. The fourth-order valence-electron chi connectivity index (χ4n) is 2.62. The zero-order chi connectivity index (χ0) is 18.2. The number of nitrogens with zero attached hydrogens (tertiary/aromatic N) is 2. The predicted molar refractivity (Wildman–Crippen MR) is 99.6 cm³/mol. The third-order valence-electron chi connectivity index (χ3n) is 3.88. The molecule has 0 bridgehead atoms. The van der Waals surface area contributed by atoms with E-state index in [2.05, 4.69) is 29.4 Å². The summed E-state index contributed by atoms with van der Waals surface area (Å²) >= 11 is 0. The number of hydrogen-bond donors (Lipinski definition) is 6. The predicted octanol–water partition coefficient (Wildman–Crippen LogP) is -1.86. The van der Waals surface area contributed by atoms with Crippen molar-refractivity contribution in [3.05, 3.63) is 0 Å². The zero-order valence-electron chi connectivity index (χ0n) is 15.6. The van der Waals surface area contributed by atoms with Crippen LogP contribution in [0.25, 0.3) is 0 Å². The first-order valence-corrected chi connectivity index (χ1v) is 9.24. The number of nitrogens with two attached hydrogens (primary N) is 2. The fraction of sp³-hybridized carbons (Fsp3) is 1.00. The number of aliphatic hydroxyl groups is 2. The van der Waals surface area contributed by atoms with Crippen LogP contribution in [0.5, 0.6) is 0 Å². The van der Waals surface area contributed by atoms with E-state index >= 15 is 0 Å². The molecular formula is C16H40N6O2. The third kappa shape index (κ3) is 11.3. The minimum atomic E-state index is -0.491. The first-order valence-electron chi connectivity index (χ1n) is 9.24. The van der Waals surface area contributed by atoms with Crippen LogP contribution in [0.15, 0.2) is 0 Å². The van der Waals surface area contributed by atoms with E-state index in [4.69, 9.17) is 11.5 Å². The zero-order valence-corrected chi connectivity index (χ0v) is 15.6. The van der Waals surface area contributed by atoms with Crippen LogP contribution in [0, 0.1) is 0 Å². The second-order valence-corrected chi connectivity index (χ2v) is 6.04. The van der Waals surface area contributed by atoms with Gasteiger partial charge in [0.25, 0.3) is 0 Å². The highest BCUT2D eigenvalue weighted by Gasteiger charge is 2.16. The van der Waals surface area contributed by atoms with Crippen molar-refractivity contribution in [3.8, 4) is 0 Å². The van der Waals surface area contributed by atoms with Gasteiger partial charge in [0.05, 0.1) is 12.8 Å². The van der Waals surface area contributed by atoms with Crippen molar-refractivity contribution in [1.82, 2.24) is 20.4 Å². The molecule has 0 aromatic rings. The second-order valence-electron chi connectivity index (χ2n) is 6.04. The average Bonchev–Trinajstić information content (AvgIpc) is 2.57. The molecule has 2 atom stereocenters. The van der Waals surface area contributed by atoms with E-state index in [-0.39, 0.29) is 12.8 Å². The van der Waals surface area contributed by atoms with Crippen LogP contribution < -0.4 is 22.1 Å². The number of aliphatic hydroxyl groups excluding tert-OH is 2. The van der Waals surface area contributed by atoms with Gasteiger partial charge in [0.2, 0.25) is 0 Å². The Morgan fingerprint density at radius 3 is 2.12 bits per heavy atom. The molecule has 0 aliphatic carbocycles. The molecule has 8 N–H and O–H groups in total. The summed E-state index contributed by atoms with van der Waals surface area (Å²) in [4.78, 5) is 4.11. The molecular weight excluding hydrogens is 308 g/mol. The van der Waals surface area contributed by atoms with Crippen LogP contribution in [0.4, 0.5) is 0 Å². The van der Waals surface area contributed by atoms with Crippen LogP contribution in [-0.4, -0.2) is 97.9 Å². The van der Waals surface area contributed by atoms with E-state index in [1.807, 2.05) is 4.90 Å². The lowest BCUT2D eigenvalue weighted by atomic mass is 10.3. The van der Waals surface area contributed by atoms with Crippen LogP contribution in [-0.2, 0) is 0 Å². The molecule has 0 fully saturated rings. The van der Waals surface area contributed by atoms with Gasteiger partial charge in [0.15, 0.2) is 0 Å². The minimum Gasteiger partial charge on any atom is -0.395 e. The van der Waals surface area contributed by atoms with E-state index in [0.29, 0.717) is 26.2 Å². The summed E-state index contributed by atoms with van der Waals surface area (Å²) in [5, 5.41) is 25.9.